The summed E-state index contributed by atoms with van der Waals surface area (Å²) < 4.78 is 66.0. The zero-order valence-corrected chi connectivity index (χ0v) is 63.6. The topological polar surface area (TPSA) is 293 Å². The molecule has 1 aromatic carbocycles. The number of methoxy groups -OCH3 is 4. The molecule has 27 nitrogen and oxygen atoms in total. The van der Waals surface area contributed by atoms with E-state index in [1.807, 2.05) is 23.9 Å². The number of ether oxygens (including phenoxy) is 12. The van der Waals surface area contributed by atoms with E-state index in [0.717, 1.165) is 64.3 Å². The highest BCUT2D eigenvalue weighted by atomic mass is 32.2. The molecule has 2 aliphatic rings. The van der Waals surface area contributed by atoms with Crippen molar-refractivity contribution >= 4 is 76.8 Å². The molecule has 29 heteroatoms. The van der Waals surface area contributed by atoms with E-state index >= 15 is 0 Å². The minimum Gasteiger partial charge on any atom is -0.441 e. The van der Waals surface area contributed by atoms with Crippen LogP contribution in [0.5, 0.6) is 5.75 Å². The van der Waals surface area contributed by atoms with E-state index in [4.69, 9.17) is 56.8 Å². The number of benzene rings is 1. The van der Waals surface area contributed by atoms with Crippen molar-refractivity contribution in [2.45, 2.75) is 170 Å². The van der Waals surface area contributed by atoms with E-state index in [9.17, 15) is 43.2 Å². The number of amides is 7. The summed E-state index contributed by atoms with van der Waals surface area (Å²) in [5.74, 6) is 0.700. The van der Waals surface area contributed by atoms with Crippen LogP contribution in [0.3, 0.4) is 0 Å². The third kappa shape index (κ3) is 41.4. The second-order valence-corrected chi connectivity index (χ2v) is 28.0. The lowest BCUT2D eigenvalue weighted by Gasteiger charge is -2.24. The fraction of sp³-hybridized carbons (Fsp3) is 0.792. The maximum absolute atomic E-state index is 14.1. The Hall–Kier alpha value is -4.89. The van der Waals surface area contributed by atoms with Crippen molar-refractivity contribution in [3.8, 4) is 5.75 Å². The van der Waals surface area contributed by atoms with Gasteiger partial charge in [0, 0.05) is 133 Å². The first-order chi connectivity index (χ1) is 48.9. The lowest BCUT2D eigenvalue weighted by atomic mass is 10.0. The molecule has 2 aliphatic heterocycles. The van der Waals surface area contributed by atoms with Crippen LogP contribution in [0.2, 0.25) is 0 Å². The quantitative estimate of drug-likeness (QED) is 0.0477. The highest BCUT2D eigenvalue weighted by Gasteiger charge is 2.40. The Balaban J connectivity index is 1.46. The number of carbonyl (C=O) groups excluding carboxylic acids is 9. The van der Waals surface area contributed by atoms with Gasteiger partial charge in [-0.25, -0.2) is 9.59 Å². The van der Waals surface area contributed by atoms with Gasteiger partial charge >= 0.3 is 12.2 Å². The number of hydrogen-bond acceptors (Lipinski definition) is 24. The second kappa shape index (κ2) is 57.4. The molecule has 2 saturated heterocycles. The Bertz CT molecular complexity index is 2370. The minimum atomic E-state index is -0.674. The zero-order valence-electron chi connectivity index (χ0n) is 61.9. The highest BCUT2D eigenvalue weighted by Crippen LogP contribution is 2.30. The van der Waals surface area contributed by atoms with Crippen LogP contribution in [-0.2, 0) is 85.7 Å². The van der Waals surface area contributed by atoms with Gasteiger partial charge in [-0.3, -0.25) is 43.4 Å². The molecule has 1 N–H and O–H groups in total. The third-order valence-corrected chi connectivity index (χ3v) is 19.4. The summed E-state index contributed by atoms with van der Waals surface area (Å²) in [4.78, 5) is 126. The Kier molecular flexibility index (Phi) is 51.4. The van der Waals surface area contributed by atoms with Gasteiger partial charge in [0.2, 0.25) is 29.5 Å². The van der Waals surface area contributed by atoms with Crippen molar-refractivity contribution < 1.29 is 100.0 Å². The number of rotatable bonds is 65. The van der Waals surface area contributed by atoms with Crippen LogP contribution in [-0.4, -0.2) is 300 Å². The van der Waals surface area contributed by atoms with Crippen molar-refractivity contribution in [1.29, 1.82) is 0 Å². The third-order valence-electron chi connectivity index (χ3n) is 16.8. The summed E-state index contributed by atoms with van der Waals surface area (Å²) in [6, 6.07) is 6.82. The number of nitrogens with zero attached hydrogens (tertiary/aromatic N) is 5. The van der Waals surface area contributed by atoms with E-state index in [0.29, 0.717) is 186 Å². The molecule has 3 rings (SSSR count). The smallest absolute Gasteiger partial charge is 0.414 e. The highest BCUT2D eigenvalue weighted by molar-refractivity contribution is 8.00. The van der Waals surface area contributed by atoms with Crippen LogP contribution in [0.4, 0.5) is 9.59 Å². The van der Waals surface area contributed by atoms with Gasteiger partial charge in [0.25, 0.3) is 0 Å². The van der Waals surface area contributed by atoms with Gasteiger partial charge in [-0.15, -0.1) is 23.5 Å². The monoisotopic (exact) mass is 1470 g/mol. The molecule has 0 aliphatic carbocycles. The first-order valence-corrected chi connectivity index (χ1v) is 38.3. The number of likely N-dealkylation sites (tertiary alicyclic amines) is 2. The predicted molar refractivity (Wildman–Crippen MR) is 386 cm³/mol. The molecule has 578 valence electrons. The molecule has 101 heavy (non-hydrogen) atoms. The fourth-order valence-electron chi connectivity index (χ4n) is 10.9. The molecule has 0 spiro atoms. The van der Waals surface area contributed by atoms with E-state index < -0.39 is 28.8 Å². The van der Waals surface area contributed by atoms with Gasteiger partial charge in [0.05, 0.1) is 89.8 Å². The van der Waals surface area contributed by atoms with Crippen LogP contribution < -0.4 is 10.1 Å². The van der Waals surface area contributed by atoms with Crippen LogP contribution >= 0.6 is 23.5 Å². The average Bonchev–Trinajstić information content (AvgIpc) is 1.72. The van der Waals surface area contributed by atoms with Crippen molar-refractivity contribution in [2.24, 2.45) is 0 Å². The van der Waals surface area contributed by atoms with Crippen LogP contribution in [0.15, 0.2) is 24.3 Å². The Morgan fingerprint density at radius 3 is 1.42 bits per heavy atom. The van der Waals surface area contributed by atoms with E-state index in [1.54, 1.807) is 59.8 Å². The summed E-state index contributed by atoms with van der Waals surface area (Å²) in [6.07, 6.45) is 9.85. The predicted octanol–water partition coefficient (Wildman–Crippen LogP) is 7.99. The second-order valence-electron chi connectivity index (χ2n) is 25.4. The van der Waals surface area contributed by atoms with Crippen molar-refractivity contribution in [1.82, 2.24) is 29.8 Å². The van der Waals surface area contributed by atoms with Gasteiger partial charge in [0.15, 0.2) is 0 Å². The molecule has 0 saturated carbocycles. The SMILES string of the molecule is CNC(=O)OC(CCCC(=O)N(CCCCCCSC1CC(=O)N(CCC(=O)CCCCOCC(COCCOC)OCCOC)C1=O)CCCCCCSC1CC(=O)N(CCC(=O)CCCCOCC(COCCOC)OCCOC)C1=O)c1ccc(OC(=O)N(C)CCCN(C)C)cc1. The normalized spacial score (nSPS) is 15.6. The number of Topliss-reactive ketones (excluding diaryl/α,β-unsaturated/α-hetero) is 2. The Morgan fingerprint density at radius 1 is 0.505 bits per heavy atom. The van der Waals surface area contributed by atoms with Crippen LogP contribution in [0, 0.1) is 0 Å². The summed E-state index contributed by atoms with van der Waals surface area (Å²) >= 11 is 2.95. The summed E-state index contributed by atoms with van der Waals surface area (Å²) in [5.41, 5.74) is 0.685. The molecular formula is C72H122N6O21S2. The molecule has 0 aromatic heterocycles. The molecular weight excluding hydrogens is 1350 g/mol. The summed E-state index contributed by atoms with van der Waals surface area (Å²) in [7, 11) is 13.5. The van der Waals surface area contributed by atoms with Crippen LogP contribution in [0.1, 0.15) is 153 Å². The number of nitrogens with one attached hydrogen (secondary N) is 1. The summed E-state index contributed by atoms with van der Waals surface area (Å²) in [6.45, 7) is 8.55. The number of hydrogen-bond donors (Lipinski definition) is 1. The van der Waals surface area contributed by atoms with Gasteiger partial charge in [0.1, 0.15) is 35.6 Å². The van der Waals surface area contributed by atoms with Crippen molar-refractivity contribution in [3.05, 3.63) is 29.8 Å². The van der Waals surface area contributed by atoms with Gasteiger partial charge < -0.3 is 76.9 Å². The zero-order chi connectivity index (χ0) is 73.7. The standard InChI is InChI=1S/C72H122N6O21S2/c1-73-71(86)99-63(57-27-29-60(30-28-57)98-72(87)75(4)34-22-33-74(2)3)25-21-26-66(81)76(35-15-9-11-19-49-100-64-51-67(82)77(69(64)84)37-31-58(79)23-13-17-39-92-53-61(96-47-43-90-7)55-94-45-41-88-5)36-16-10-12-20-50-101-65-52-68(83)78(70(65)85)38-32-59(80)24-14-18-40-93-54-62(97-48-44-91-8)56-95-46-42-89-6/h27-30,61-65H,9-26,31-56H2,1-8H3,(H,73,86). The van der Waals surface area contributed by atoms with E-state index in [1.165, 1.54) is 45.3 Å². The molecule has 0 bridgehead atoms. The van der Waals surface area contributed by atoms with Crippen molar-refractivity contribution in [2.75, 3.05) is 200 Å². The Morgan fingerprint density at radius 2 is 0.960 bits per heavy atom. The number of imide groups is 2. The van der Waals surface area contributed by atoms with Crippen molar-refractivity contribution in [3.63, 3.8) is 0 Å². The number of carbonyl (C=O) groups is 9. The lowest BCUT2D eigenvalue weighted by Crippen LogP contribution is -2.33. The van der Waals surface area contributed by atoms with E-state index in [2.05, 4.69) is 5.32 Å². The molecule has 2 heterocycles. The molecule has 5 unspecified atom stereocenters. The minimum absolute atomic E-state index is 0.00851. The number of thioether (sulfide) groups is 2. The number of unbranched alkanes of at least 4 members (excludes halogenated alkanes) is 8. The van der Waals surface area contributed by atoms with Gasteiger partial charge in [-0.05, 0) is 120 Å². The van der Waals surface area contributed by atoms with Gasteiger partial charge in [-0.1, -0.05) is 37.8 Å². The fourth-order valence-corrected chi connectivity index (χ4v) is 13.3. The number of ketones is 2. The molecule has 0 radical (unpaired) electrons. The molecule has 2 fully saturated rings. The maximum atomic E-state index is 14.1. The summed E-state index contributed by atoms with van der Waals surface area (Å²) in [5, 5.41) is 1.56. The first-order valence-electron chi connectivity index (χ1n) is 36.2. The van der Waals surface area contributed by atoms with E-state index in [-0.39, 0.29) is 98.5 Å². The molecule has 1 aromatic rings. The largest absolute Gasteiger partial charge is 0.441 e. The Labute approximate surface area is 609 Å². The van der Waals surface area contributed by atoms with Crippen LogP contribution in [0.25, 0.3) is 0 Å². The van der Waals surface area contributed by atoms with Gasteiger partial charge in [-0.2, -0.15) is 0 Å². The maximum Gasteiger partial charge on any atom is 0.414 e. The number of alkyl carbamates (subject to hydrolysis) is 1. The first kappa shape index (κ1) is 90.3. The molecule has 5 atom stereocenters. The molecule has 7 amide bonds. The lowest BCUT2D eigenvalue weighted by molar-refractivity contribution is -0.140. The average molecular weight is 1470 g/mol.